The number of hydrogen-bond acceptors (Lipinski definition) is 3. The second kappa shape index (κ2) is 4.31. The molecule has 0 spiro atoms. The Balaban J connectivity index is 2.40. The van der Waals surface area contributed by atoms with Gasteiger partial charge >= 0.3 is 0 Å². The van der Waals surface area contributed by atoms with Crippen molar-refractivity contribution >= 4 is 5.69 Å². The maximum atomic E-state index is 5.85. The monoisotopic (exact) mass is 234 g/mol. The van der Waals surface area contributed by atoms with Crippen molar-refractivity contribution in [2.24, 2.45) is 5.41 Å². The summed E-state index contributed by atoms with van der Waals surface area (Å²) in [4.78, 5) is 2.31. The first kappa shape index (κ1) is 12.4. The van der Waals surface area contributed by atoms with Crippen LogP contribution in [0.1, 0.15) is 20.8 Å². The molecule has 0 aliphatic carbocycles. The van der Waals surface area contributed by atoms with Gasteiger partial charge in [0.05, 0.1) is 0 Å². The minimum absolute atomic E-state index is 0.00586. The molecule has 1 atom stereocenters. The molecule has 0 amide bonds. The van der Waals surface area contributed by atoms with Gasteiger partial charge in [0.1, 0.15) is 0 Å². The van der Waals surface area contributed by atoms with E-state index in [2.05, 4.69) is 55.3 Å². The second-order valence-corrected chi connectivity index (χ2v) is 5.51. The Morgan fingerprint density at radius 2 is 1.88 bits per heavy atom. The Morgan fingerprint density at radius 3 is 2.41 bits per heavy atom. The van der Waals surface area contributed by atoms with E-state index in [-0.39, 0.29) is 5.41 Å². The van der Waals surface area contributed by atoms with E-state index < -0.39 is 5.85 Å². The Kier molecular flexibility index (Phi) is 3.15. The van der Waals surface area contributed by atoms with Gasteiger partial charge in [0.2, 0.25) is 5.85 Å². The average molecular weight is 234 g/mol. The lowest BCUT2D eigenvalue weighted by molar-refractivity contribution is -0.101. The summed E-state index contributed by atoms with van der Waals surface area (Å²) in [5.41, 5.74) is 1.20. The molecule has 1 aliphatic heterocycles. The normalized spacial score (nSPS) is 25.3. The minimum atomic E-state index is -0.422. The third kappa shape index (κ3) is 1.94. The minimum Gasteiger partial charge on any atom is -0.345 e. The molecule has 0 radical (unpaired) electrons. The van der Waals surface area contributed by atoms with Crippen molar-refractivity contribution in [1.82, 2.24) is 5.32 Å². The first-order valence-corrected chi connectivity index (χ1v) is 6.14. The zero-order chi connectivity index (χ0) is 12.5. The van der Waals surface area contributed by atoms with Crippen molar-refractivity contribution in [1.29, 1.82) is 0 Å². The van der Waals surface area contributed by atoms with Gasteiger partial charge in [-0.15, -0.1) is 0 Å². The van der Waals surface area contributed by atoms with Gasteiger partial charge in [-0.1, -0.05) is 39.0 Å². The van der Waals surface area contributed by atoms with Gasteiger partial charge in [-0.3, -0.25) is 5.32 Å². The molecular weight excluding hydrogens is 212 g/mol. The molecule has 0 bridgehead atoms. The highest BCUT2D eigenvalue weighted by Gasteiger charge is 2.50. The number of hydrogen-bond donors (Lipinski definition) is 1. The molecule has 1 saturated heterocycles. The molecule has 1 aromatic carbocycles. The van der Waals surface area contributed by atoms with E-state index in [1.54, 1.807) is 7.11 Å². The summed E-state index contributed by atoms with van der Waals surface area (Å²) in [6.45, 7) is 8.51. The van der Waals surface area contributed by atoms with Gasteiger partial charge in [-0.25, -0.2) is 0 Å². The molecule has 1 N–H and O–H groups in total. The zero-order valence-electron chi connectivity index (χ0n) is 11.2. The molecule has 1 aliphatic rings. The molecule has 0 saturated carbocycles. The Hall–Kier alpha value is -1.06. The van der Waals surface area contributed by atoms with E-state index >= 15 is 0 Å². The molecule has 1 heterocycles. The topological polar surface area (TPSA) is 24.5 Å². The number of benzene rings is 1. The van der Waals surface area contributed by atoms with Crippen LogP contribution in [0.2, 0.25) is 0 Å². The molecular formula is C14H22N2O. The van der Waals surface area contributed by atoms with E-state index in [1.807, 2.05) is 6.07 Å². The molecule has 0 aromatic heterocycles. The lowest BCUT2D eigenvalue weighted by Gasteiger charge is -2.47. The van der Waals surface area contributed by atoms with Gasteiger partial charge in [-0.05, 0) is 12.1 Å². The number of methoxy groups -OCH3 is 1. The summed E-state index contributed by atoms with van der Waals surface area (Å²) in [5, 5.41) is 3.51. The van der Waals surface area contributed by atoms with Gasteiger partial charge < -0.3 is 9.64 Å². The van der Waals surface area contributed by atoms with Gasteiger partial charge in [-0.2, -0.15) is 0 Å². The molecule has 1 unspecified atom stereocenters. The van der Waals surface area contributed by atoms with Crippen LogP contribution < -0.4 is 10.2 Å². The van der Waals surface area contributed by atoms with Crippen LogP contribution in [0, 0.1) is 5.41 Å². The first-order chi connectivity index (χ1) is 8.01. The van der Waals surface area contributed by atoms with Crippen LogP contribution in [0.5, 0.6) is 0 Å². The zero-order valence-corrected chi connectivity index (χ0v) is 11.2. The fourth-order valence-electron chi connectivity index (χ4n) is 2.67. The van der Waals surface area contributed by atoms with Crippen LogP contribution in [0.4, 0.5) is 5.69 Å². The standard InChI is InChI=1S/C14H22N2O/c1-13(2,3)14(17-4)15-10-11-16(14)12-8-6-5-7-9-12/h5-9,15H,10-11H2,1-4H3. The lowest BCUT2D eigenvalue weighted by atomic mass is 9.88. The third-order valence-electron chi connectivity index (χ3n) is 3.46. The molecule has 1 fully saturated rings. The largest absolute Gasteiger partial charge is 0.345 e. The quantitative estimate of drug-likeness (QED) is 0.850. The summed E-state index contributed by atoms with van der Waals surface area (Å²) >= 11 is 0. The third-order valence-corrected chi connectivity index (χ3v) is 3.46. The average Bonchev–Trinajstić information content (AvgIpc) is 2.74. The van der Waals surface area contributed by atoms with Crippen molar-refractivity contribution in [2.75, 3.05) is 25.1 Å². The number of nitrogens with one attached hydrogen (secondary N) is 1. The maximum absolute atomic E-state index is 5.85. The van der Waals surface area contributed by atoms with Crippen LogP contribution in [-0.2, 0) is 4.74 Å². The van der Waals surface area contributed by atoms with Crippen molar-refractivity contribution in [3.05, 3.63) is 30.3 Å². The summed E-state index contributed by atoms with van der Waals surface area (Å²) in [5.74, 6) is -0.422. The molecule has 17 heavy (non-hydrogen) atoms. The summed E-state index contributed by atoms with van der Waals surface area (Å²) in [6, 6.07) is 10.4. The van der Waals surface area contributed by atoms with Crippen molar-refractivity contribution in [2.45, 2.75) is 26.6 Å². The highest BCUT2D eigenvalue weighted by molar-refractivity contribution is 5.49. The molecule has 2 rings (SSSR count). The number of anilines is 1. The number of nitrogens with zero attached hydrogens (tertiary/aromatic N) is 1. The summed E-state index contributed by atoms with van der Waals surface area (Å²) < 4.78 is 5.85. The van der Waals surface area contributed by atoms with Crippen LogP contribution in [-0.4, -0.2) is 26.0 Å². The van der Waals surface area contributed by atoms with Crippen LogP contribution in [0.3, 0.4) is 0 Å². The molecule has 3 nitrogen and oxygen atoms in total. The smallest absolute Gasteiger partial charge is 0.202 e. The Bertz CT molecular complexity index is 372. The predicted octanol–water partition coefficient (Wildman–Crippen LogP) is 2.44. The Morgan fingerprint density at radius 1 is 1.24 bits per heavy atom. The summed E-state index contributed by atoms with van der Waals surface area (Å²) in [7, 11) is 1.78. The Labute approximate surface area is 104 Å². The van der Waals surface area contributed by atoms with Crippen LogP contribution >= 0.6 is 0 Å². The van der Waals surface area contributed by atoms with E-state index in [4.69, 9.17) is 4.74 Å². The van der Waals surface area contributed by atoms with Gasteiger partial charge in [0.25, 0.3) is 0 Å². The second-order valence-electron chi connectivity index (χ2n) is 5.51. The number of ether oxygens (including phenoxy) is 1. The van der Waals surface area contributed by atoms with Gasteiger partial charge in [0.15, 0.2) is 0 Å². The SMILES string of the molecule is COC1(C(C)(C)C)NCCN1c1ccccc1. The molecule has 94 valence electrons. The van der Waals surface area contributed by atoms with Crippen molar-refractivity contribution in [3.63, 3.8) is 0 Å². The fraction of sp³-hybridized carbons (Fsp3) is 0.571. The van der Waals surface area contributed by atoms with E-state index in [9.17, 15) is 0 Å². The van der Waals surface area contributed by atoms with Gasteiger partial charge in [0, 0.05) is 31.3 Å². The lowest BCUT2D eigenvalue weighted by Crippen LogP contribution is -2.62. The molecule has 3 heteroatoms. The first-order valence-electron chi connectivity index (χ1n) is 6.14. The number of para-hydroxylation sites is 1. The summed E-state index contributed by atoms with van der Waals surface area (Å²) in [6.07, 6.45) is 0. The van der Waals surface area contributed by atoms with Crippen LogP contribution in [0.15, 0.2) is 30.3 Å². The van der Waals surface area contributed by atoms with Crippen molar-refractivity contribution in [3.8, 4) is 0 Å². The predicted molar refractivity (Wildman–Crippen MR) is 71.0 cm³/mol. The van der Waals surface area contributed by atoms with Crippen LogP contribution in [0.25, 0.3) is 0 Å². The van der Waals surface area contributed by atoms with E-state index in [0.717, 1.165) is 13.1 Å². The fourth-order valence-corrected chi connectivity index (χ4v) is 2.67. The highest BCUT2D eigenvalue weighted by atomic mass is 16.5. The highest BCUT2D eigenvalue weighted by Crippen LogP contribution is 2.39. The molecule has 1 aromatic rings. The number of rotatable bonds is 2. The van der Waals surface area contributed by atoms with Crippen molar-refractivity contribution < 1.29 is 4.74 Å². The van der Waals surface area contributed by atoms with E-state index in [1.165, 1.54) is 5.69 Å². The van der Waals surface area contributed by atoms with E-state index in [0.29, 0.717) is 0 Å². The maximum Gasteiger partial charge on any atom is 0.202 e.